The maximum absolute atomic E-state index is 5.59. The zero-order valence-electron chi connectivity index (χ0n) is 10.4. The van der Waals surface area contributed by atoms with Gasteiger partial charge < -0.3 is 10.5 Å². The van der Waals surface area contributed by atoms with Crippen molar-refractivity contribution in [1.29, 1.82) is 0 Å². The Hall–Kier alpha value is -1.81. The van der Waals surface area contributed by atoms with Crippen LogP contribution in [0.5, 0.6) is 5.75 Å². The Labute approximate surface area is 101 Å². The van der Waals surface area contributed by atoms with Gasteiger partial charge >= 0.3 is 0 Å². The van der Waals surface area contributed by atoms with E-state index in [-0.39, 0.29) is 0 Å². The number of aromatic nitrogens is 2. The van der Waals surface area contributed by atoms with E-state index >= 15 is 0 Å². The molecule has 2 N–H and O–H groups in total. The number of nitrogens with zero attached hydrogens (tertiary/aromatic N) is 2. The third-order valence-electron chi connectivity index (χ3n) is 2.83. The van der Waals surface area contributed by atoms with Gasteiger partial charge in [0.15, 0.2) is 0 Å². The molecule has 2 rings (SSSR count). The van der Waals surface area contributed by atoms with Gasteiger partial charge in [-0.2, -0.15) is 5.10 Å². The Morgan fingerprint density at radius 3 is 2.65 bits per heavy atom. The van der Waals surface area contributed by atoms with Crippen LogP contribution in [0.15, 0.2) is 24.3 Å². The highest BCUT2D eigenvalue weighted by atomic mass is 16.5. The summed E-state index contributed by atoms with van der Waals surface area (Å²) >= 11 is 0. The molecule has 1 aromatic heterocycles. The van der Waals surface area contributed by atoms with Gasteiger partial charge in [0.1, 0.15) is 5.75 Å². The Morgan fingerprint density at radius 1 is 1.35 bits per heavy atom. The maximum atomic E-state index is 5.59. The summed E-state index contributed by atoms with van der Waals surface area (Å²) in [5.74, 6) is 0.898. The van der Waals surface area contributed by atoms with E-state index in [0.717, 1.165) is 28.3 Å². The van der Waals surface area contributed by atoms with Crippen LogP contribution in [0.1, 0.15) is 11.3 Å². The summed E-state index contributed by atoms with van der Waals surface area (Å²) in [7, 11) is 3.60. The standard InChI is InChI=1S/C13H17N3O/c1-9-6-10(4-5-13(9)17-3)12-7-11(8-14)15-16(12)2/h4-7H,8,14H2,1-3H3. The molecule has 0 aliphatic rings. The van der Waals surface area contributed by atoms with Gasteiger partial charge in [0.25, 0.3) is 0 Å². The summed E-state index contributed by atoms with van der Waals surface area (Å²) in [5.41, 5.74) is 9.79. The summed E-state index contributed by atoms with van der Waals surface area (Å²) in [6.45, 7) is 2.49. The van der Waals surface area contributed by atoms with Crippen molar-refractivity contribution in [1.82, 2.24) is 9.78 Å². The molecule has 0 aliphatic heterocycles. The summed E-state index contributed by atoms with van der Waals surface area (Å²) in [6.07, 6.45) is 0. The smallest absolute Gasteiger partial charge is 0.121 e. The van der Waals surface area contributed by atoms with Gasteiger partial charge in [-0.25, -0.2) is 0 Å². The van der Waals surface area contributed by atoms with Crippen molar-refractivity contribution in [3.05, 3.63) is 35.5 Å². The van der Waals surface area contributed by atoms with E-state index in [1.54, 1.807) is 7.11 Å². The Morgan fingerprint density at radius 2 is 2.12 bits per heavy atom. The summed E-state index contributed by atoms with van der Waals surface area (Å²) < 4.78 is 7.10. The van der Waals surface area contributed by atoms with Gasteiger partial charge in [0.05, 0.1) is 18.5 Å². The summed E-state index contributed by atoms with van der Waals surface area (Å²) in [5, 5.41) is 4.34. The minimum atomic E-state index is 0.461. The average molecular weight is 231 g/mol. The lowest BCUT2D eigenvalue weighted by Gasteiger charge is -2.07. The quantitative estimate of drug-likeness (QED) is 0.877. The first-order valence-electron chi connectivity index (χ1n) is 5.53. The van der Waals surface area contributed by atoms with Crippen LogP contribution in [0.2, 0.25) is 0 Å². The normalized spacial score (nSPS) is 10.6. The van der Waals surface area contributed by atoms with E-state index < -0.39 is 0 Å². The van der Waals surface area contributed by atoms with Gasteiger partial charge in [-0.05, 0) is 36.8 Å². The van der Waals surface area contributed by atoms with E-state index in [1.807, 2.05) is 36.9 Å². The SMILES string of the molecule is COc1ccc(-c2cc(CN)nn2C)cc1C. The minimum Gasteiger partial charge on any atom is -0.496 e. The fraction of sp³-hybridized carbons (Fsp3) is 0.308. The molecule has 0 radical (unpaired) electrons. The average Bonchev–Trinajstić information content (AvgIpc) is 2.70. The molecule has 0 atom stereocenters. The Bertz CT molecular complexity index is 531. The number of aryl methyl sites for hydroxylation is 2. The molecule has 0 saturated heterocycles. The maximum Gasteiger partial charge on any atom is 0.121 e. The number of ether oxygens (including phenoxy) is 1. The van der Waals surface area contributed by atoms with Gasteiger partial charge in [-0.15, -0.1) is 0 Å². The van der Waals surface area contributed by atoms with Crippen molar-refractivity contribution >= 4 is 0 Å². The predicted molar refractivity (Wildman–Crippen MR) is 67.8 cm³/mol. The van der Waals surface area contributed by atoms with Crippen LogP contribution >= 0.6 is 0 Å². The summed E-state index contributed by atoms with van der Waals surface area (Å²) in [6, 6.07) is 8.11. The molecule has 0 amide bonds. The second-order valence-electron chi connectivity index (χ2n) is 4.03. The van der Waals surface area contributed by atoms with Crippen LogP contribution in [0.3, 0.4) is 0 Å². The molecule has 0 aliphatic carbocycles. The Balaban J connectivity index is 2.45. The number of nitrogens with two attached hydrogens (primary N) is 1. The first-order chi connectivity index (χ1) is 8.15. The lowest BCUT2D eigenvalue weighted by Crippen LogP contribution is -1.99. The highest BCUT2D eigenvalue weighted by Crippen LogP contribution is 2.26. The molecule has 0 saturated carbocycles. The fourth-order valence-electron chi connectivity index (χ4n) is 1.93. The van der Waals surface area contributed by atoms with Gasteiger partial charge in [-0.3, -0.25) is 4.68 Å². The molecule has 0 spiro atoms. The van der Waals surface area contributed by atoms with Crippen molar-refractivity contribution in [2.75, 3.05) is 7.11 Å². The largest absolute Gasteiger partial charge is 0.496 e. The number of rotatable bonds is 3. The fourth-order valence-corrected chi connectivity index (χ4v) is 1.93. The van der Waals surface area contributed by atoms with E-state index in [9.17, 15) is 0 Å². The van der Waals surface area contributed by atoms with Crippen molar-refractivity contribution in [2.24, 2.45) is 12.8 Å². The molecule has 17 heavy (non-hydrogen) atoms. The molecule has 2 aromatic rings. The monoisotopic (exact) mass is 231 g/mol. The molecule has 0 fully saturated rings. The molecule has 4 heteroatoms. The zero-order chi connectivity index (χ0) is 12.4. The van der Waals surface area contributed by atoms with Crippen LogP contribution in [0, 0.1) is 6.92 Å². The van der Waals surface area contributed by atoms with Crippen molar-refractivity contribution in [3.63, 3.8) is 0 Å². The number of hydrogen-bond acceptors (Lipinski definition) is 3. The molecule has 1 aromatic carbocycles. The predicted octanol–water partition coefficient (Wildman–Crippen LogP) is 1.86. The van der Waals surface area contributed by atoms with Crippen molar-refractivity contribution in [3.8, 4) is 17.0 Å². The van der Waals surface area contributed by atoms with Crippen molar-refractivity contribution in [2.45, 2.75) is 13.5 Å². The molecular formula is C13H17N3O. The highest BCUT2D eigenvalue weighted by Gasteiger charge is 2.08. The van der Waals surface area contributed by atoms with Crippen LogP contribution in [-0.2, 0) is 13.6 Å². The second-order valence-corrected chi connectivity index (χ2v) is 4.03. The summed E-state index contributed by atoms with van der Waals surface area (Å²) in [4.78, 5) is 0. The van der Waals surface area contributed by atoms with E-state index in [1.165, 1.54) is 0 Å². The molecule has 90 valence electrons. The van der Waals surface area contributed by atoms with Gasteiger partial charge in [-0.1, -0.05) is 0 Å². The number of hydrogen-bond donors (Lipinski definition) is 1. The van der Waals surface area contributed by atoms with E-state index in [2.05, 4.69) is 11.2 Å². The first kappa shape index (κ1) is 11.7. The van der Waals surface area contributed by atoms with Crippen LogP contribution in [0.4, 0.5) is 0 Å². The lowest BCUT2D eigenvalue weighted by atomic mass is 10.1. The minimum absolute atomic E-state index is 0.461. The topological polar surface area (TPSA) is 53.1 Å². The van der Waals surface area contributed by atoms with Crippen LogP contribution in [-0.4, -0.2) is 16.9 Å². The van der Waals surface area contributed by atoms with Crippen molar-refractivity contribution < 1.29 is 4.74 Å². The molecule has 4 nitrogen and oxygen atoms in total. The number of methoxy groups -OCH3 is 1. The van der Waals surface area contributed by atoms with Gasteiger partial charge in [0.2, 0.25) is 0 Å². The lowest BCUT2D eigenvalue weighted by molar-refractivity contribution is 0.412. The van der Waals surface area contributed by atoms with Gasteiger partial charge in [0, 0.05) is 19.2 Å². The van der Waals surface area contributed by atoms with E-state index in [4.69, 9.17) is 10.5 Å². The van der Waals surface area contributed by atoms with E-state index in [0.29, 0.717) is 6.54 Å². The zero-order valence-corrected chi connectivity index (χ0v) is 10.4. The number of benzene rings is 1. The molecular weight excluding hydrogens is 214 g/mol. The second kappa shape index (κ2) is 4.59. The third-order valence-corrected chi connectivity index (χ3v) is 2.83. The van der Waals surface area contributed by atoms with Crippen LogP contribution in [0.25, 0.3) is 11.3 Å². The molecule has 0 unspecified atom stereocenters. The molecule has 1 heterocycles. The first-order valence-corrected chi connectivity index (χ1v) is 5.53. The molecule has 0 bridgehead atoms. The highest BCUT2D eigenvalue weighted by molar-refractivity contribution is 5.62. The van der Waals surface area contributed by atoms with Crippen LogP contribution < -0.4 is 10.5 Å². The Kier molecular flexibility index (Phi) is 3.15. The third kappa shape index (κ3) is 2.17.